The van der Waals surface area contributed by atoms with Gasteiger partial charge in [-0.15, -0.1) is 0 Å². The number of carboxylic acids is 1. The Morgan fingerprint density at radius 1 is 1.15 bits per heavy atom. The van der Waals surface area contributed by atoms with Gasteiger partial charge in [0.15, 0.2) is 6.04 Å². The third-order valence-corrected chi connectivity index (χ3v) is 5.00. The lowest BCUT2D eigenvalue weighted by molar-refractivity contribution is -0.717. The number of quaternary nitrogens is 1. The van der Waals surface area contributed by atoms with Crippen molar-refractivity contribution in [1.82, 2.24) is 4.98 Å². The number of aliphatic carboxylic acids is 1. The van der Waals surface area contributed by atoms with Gasteiger partial charge in [-0.1, -0.05) is 30.3 Å². The standard InChI is InChI=1S/C20H18N2O4/c1-26-20(25)12-8-6-11(7-9-12)17-18-14(10-16(22-17)19(23)24)13-4-2-3-5-15(13)21-18/h2-9,16-17,21-22H,10H2,1H3,(H,23,24)/t16-,17-/m0/s1. The minimum atomic E-state index is -1.07. The molecule has 0 spiro atoms. The molecule has 0 unspecified atom stereocenters. The minimum absolute atomic E-state index is 0.208. The van der Waals surface area contributed by atoms with Crippen LogP contribution in [0.3, 0.4) is 0 Å². The Morgan fingerprint density at radius 3 is 2.58 bits per heavy atom. The second kappa shape index (κ2) is 6.31. The van der Waals surface area contributed by atoms with Crippen LogP contribution in [0.25, 0.3) is 10.9 Å². The summed E-state index contributed by atoms with van der Waals surface area (Å²) < 4.78 is 4.73. The fourth-order valence-electron chi connectivity index (χ4n) is 3.71. The molecule has 0 bridgehead atoms. The predicted molar refractivity (Wildman–Crippen MR) is 92.3 cm³/mol. The molecule has 2 aromatic carbocycles. The van der Waals surface area contributed by atoms with Crippen molar-refractivity contribution >= 4 is 22.8 Å². The van der Waals surface area contributed by atoms with Gasteiger partial charge in [0.05, 0.1) is 24.3 Å². The summed E-state index contributed by atoms with van der Waals surface area (Å²) in [5.74, 6) is -1.47. The summed E-state index contributed by atoms with van der Waals surface area (Å²) >= 11 is 0. The summed E-state index contributed by atoms with van der Waals surface area (Å²) in [5, 5.41) is 14.4. The number of ether oxygens (including phenoxy) is 1. The van der Waals surface area contributed by atoms with Crippen LogP contribution in [0.4, 0.5) is 0 Å². The second-order valence-corrected chi connectivity index (χ2v) is 6.48. The summed E-state index contributed by atoms with van der Waals surface area (Å²) in [4.78, 5) is 26.6. The second-order valence-electron chi connectivity index (χ2n) is 6.48. The zero-order valence-electron chi connectivity index (χ0n) is 14.2. The number of nitrogens with one attached hydrogen (secondary N) is 1. The van der Waals surface area contributed by atoms with Crippen LogP contribution in [0.2, 0.25) is 0 Å². The predicted octanol–water partition coefficient (Wildman–Crippen LogP) is 0.282. The highest BCUT2D eigenvalue weighted by Crippen LogP contribution is 2.31. The van der Waals surface area contributed by atoms with E-state index in [9.17, 15) is 14.7 Å². The largest absolute Gasteiger partial charge is 0.544 e. The molecule has 1 aromatic heterocycles. The van der Waals surface area contributed by atoms with Crippen LogP contribution in [0.15, 0.2) is 48.5 Å². The van der Waals surface area contributed by atoms with Gasteiger partial charge in [-0.2, -0.15) is 0 Å². The molecule has 1 aliphatic heterocycles. The maximum Gasteiger partial charge on any atom is 0.337 e. The van der Waals surface area contributed by atoms with Gasteiger partial charge in [0.2, 0.25) is 0 Å². The number of carbonyl (C=O) groups excluding carboxylic acids is 2. The Kier molecular flexibility index (Phi) is 3.97. The number of esters is 1. The Labute approximate surface area is 149 Å². The third-order valence-electron chi connectivity index (χ3n) is 5.00. The Morgan fingerprint density at radius 2 is 1.88 bits per heavy atom. The molecule has 132 valence electrons. The molecule has 0 fully saturated rings. The molecule has 1 aliphatic rings. The number of rotatable bonds is 3. The van der Waals surface area contributed by atoms with Crippen LogP contribution >= 0.6 is 0 Å². The highest BCUT2D eigenvalue weighted by molar-refractivity contribution is 5.89. The van der Waals surface area contributed by atoms with Crippen LogP contribution in [0.1, 0.15) is 33.2 Å². The van der Waals surface area contributed by atoms with Gasteiger partial charge in [0.1, 0.15) is 6.04 Å². The lowest BCUT2D eigenvalue weighted by Crippen LogP contribution is -2.95. The zero-order valence-corrected chi connectivity index (χ0v) is 14.2. The number of hydrogen-bond acceptors (Lipinski definition) is 4. The molecule has 0 aliphatic carbocycles. The van der Waals surface area contributed by atoms with Crippen LogP contribution in [0, 0.1) is 0 Å². The number of carboxylic acid groups (broad SMARTS) is 1. The number of aromatic amines is 1. The van der Waals surface area contributed by atoms with Crippen LogP contribution in [-0.2, 0) is 16.0 Å². The quantitative estimate of drug-likeness (QED) is 0.663. The molecule has 4 rings (SSSR count). The molecule has 0 saturated carbocycles. The fourth-order valence-corrected chi connectivity index (χ4v) is 3.71. The molecule has 0 radical (unpaired) electrons. The van der Waals surface area contributed by atoms with E-state index in [2.05, 4.69) is 4.98 Å². The molecule has 6 heteroatoms. The molecule has 0 saturated heterocycles. The first kappa shape index (κ1) is 16.4. The lowest BCUT2D eigenvalue weighted by atomic mass is 9.90. The van der Waals surface area contributed by atoms with E-state index in [1.54, 1.807) is 17.4 Å². The maximum atomic E-state index is 11.6. The summed E-state index contributed by atoms with van der Waals surface area (Å²) in [6.45, 7) is 0. The fraction of sp³-hybridized carbons (Fsp3) is 0.200. The minimum Gasteiger partial charge on any atom is -0.544 e. The summed E-state index contributed by atoms with van der Waals surface area (Å²) in [6.07, 6.45) is 0.415. The summed E-state index contributed by atoms with van der Waals surface area (Å²) in [7, 11) is 1.34. The topological polar surface area (TPSA) is 98.8 Å². The van der Waals surface area contributed by atoms with Crippen molar-refractivity contribution < 1.29 is 24.7 Å². The van der Waals surface area contributed by atoms with E-state index in [0.717, 1.165) is 27.7 Å². The average Bonchev–Trinajstić information content (AvgIpc) is 3.05. The highest BCUT2D eigenvalue weighted by atomic mass is 16.5. The maximum absolute atomic E-state index is 11.6. The van der Waals surface area contributed by atoms with Gasteiger partial charge in [-0.05, 0) is 23.8 Å². The molecule has 2 heterocycles. The van der Waals surface area contributed by atoms with Crippen molar-refractivity contribution in [2.24, 2.45) is 0 Å². The number of fused-ring (bicyclic) bond motifs is 3. The number of carbonyl (C=O) groups is 2. The first-order valence-electron chi connectivity index (χ1n) is 8.42. The van der Waals surface area contributed by atoms with Gasteiger partial charge >= 0.3 is 5.97 Å². The van der Waals surface area contributed by atoms with Gasteiger partial charge in [0, 0.05) is 22.9 Å². The van der Waals surface area contributed by atoms with E-state index in [0.29, 0.717) is 12.0 Å². The average molecular weight is 350 g/mol. The van der Waals surface area contributed by atoms with Crippen molar-refractivity contribution in [1.29, 1.82) is 0 Å². The normalized spacial score (nSPS) is 19.1. The van der Waals surface area contributed by atoms with Gasteiger partial charge < -0.3 is 24.9 Å². The van der Waals surface area contributed by atoms with E-state index < -0.39 is 18.0 Å². The molecule has 6 nitrogen and oxygen atoms in total. The first-order chi connectivity index (χ1) is 12.6. The number of H-pyrrole nitrogens is 1. The molecule has 26 heavy (non-hydrogen) atoms. The Balaban J connectivity index is 1.80. The monoisotopic (exact) mass is 350 g/mol. The van der Waals surface area contributed by atoms with E-state index >= 15 is 0 Å². The zero-order chi connectivity index (χ0) is 18.3. The molecule has 0 amide bonds. The SMILES string of the molecule is COC(=O)c1ccc([C@@H]2[NH2+][C@H](C(=O)[O-])Cc3c2[nH]c2ccccc32)cc1. The number of nitrogens with two attached hydrogens (primary N) is 1. The number of aromatic nitrogens is 1. The van der Waals surface area contributed by atoms with E-state index in [1.807, 2.05) is 36.4 Å². The van der Waals surface area contributed by atoms with Crippen molar-refractivity contribution in [3.8, 4) is 0 Å². The van der Waals surface area contributed by atoms with Crippen molar-refractivity contribution in [3.05, 3.63) is 70.9 Å². The molecule has 2 atom stereocenters. The van der Waals surface area contributed by atoms with Crippen LogP contribution in [0.5, 0.6) is 0 Å². The van der Waals surface area contributed by atoms with Crippen molar-refractivity contribution in [2.75, 3.05) is 7.11 Å². The number of hydrogen-bond donors (Lipinski definition) is 2. The molecular weight excluding hydrogens is 332 g/mol. The lowest BCUT2D eigenvalue weighted by Gasteiger charge is -2.29. The third kappa shape index (κ3) is 2.64. The van der Waals surface area contributed by atoms with E-state index in [1.165, 1.54) is 7.11 Å². The van der Waals surface area contributed by atoms with E-state index in [-0.39, 0.29) is 6.04 Å². The van der Waals surface area contributed by atoms with Crippen molar-refractivity contribution in [2.45, 2.75) is 18.5 Å². The van der Waals surface area contributed by atoms with E-state index in [4.69, 9.17) is 4.74 Å². The van der Waals surface area contributed by atoms with Gasteiger partial charge in [-0.3, -0.25) is 0 Å². The molecule has 3 aromatic rings. The Hall–Kier alpha value is -3.12. The number of benzene rings is 2. The van der Waals surface area contributed by atoms with Gasteiger partial charge in [0.25, 0.3) is 0 Å². The summed E-state index contributed by atoms with van der Waals surface area (Å²) in [6, 6.07) is 14.1. The smallest absolute Gasteiger partial charge is 0.337 e. The van der Waals surface area contributed by atoms with Crippen LogP contribution in [-0.4, -0.2) is 30.1 Å². The number of para-hydroxylation sites is 1. The van der Waals surface area contributed by atoms with Gasteiger partial charge in [-0.25, -0.2) is 4.79 Å². The molecule has 3 N–H and O–H groups in total. The van der Waals surface area contributed by atoms with Crippen molar-refractivity contribution in [3.63, 3.8) is 0 Å². The Bertz CT molecular complexity index is 991. The van der Waals surface area contributed by atoms with Crippen LogP contribution < -0.4 is 10.4 Å². The molecular formula is C20H18N2O4. The number of methoxy groups -OCH3 is 1. The summed E-state index contributed by atoms with van der Waals surface area (Å²) in [5.41, 5.74) is 4.37. The highest BCUT2D eigenvalue weighted by Gasteiger charge is 2.34. The first-order valence-corrected chi connectivity index (χ1v) is 8.42.